The van der Waals surface area contributed by atoms with Crippen LogP contribution in [0.25, 0.3) is 0 Å². The van der Waals surface area contributed by atoms with Crippen molar-refractivity contribution in [3.05, 3.63) is 0 Å². The molecule has 1 aliphatic rings. The van der Waals surface area contributed by atoms with Gasteiger partial charge in [-0.05, 0) is 19.3 Å². The summed E-state index contributed by atoms with van der Waals surface area (Å²) >= 11 is 0. The van der Waals surface area contributed by atoms with Gasteiger partial charge in [0.05, 0.1) is 5.71 Å². The zero-order valence-electron chi connectivity index (χ0n) is 6.32. The molecule has 1 fully saturated rings. The number of oxime groups is 1. The zero-order valence-corrected chi connectivity index (χ0v) is 7.13. The Kier molecular flexibility index (Phi) is 2.17. The van der Waals surface area contributed by atoms with Gasteiger partial charge in [-0.2, -0.15) is 0 Å². The van der Waals surface area contributed by atoms with Gasteiger partial charge in [0.2, 0.25) is 0 Å². The Balaban J connectivity index is 2.90. The van der Waals surface area contributed by atoms with Gasteiger partial charge in [0.15, 0.2) is 9.84 Å². The van der Waals surface area contributed by atoms with Gasteiger partial charge in [-0.3, -0.25) is 0 Å². The molecular formula is C6H11NO3S. The lowest BCUT2D eigenvalue weighted by Crippen LogP contribution is -2.24. The Bertz CT molecular complexity index is 268. The van der Waals surface area contributed by atoms with Gasteiger partial charge in [-0.15, -0.1) is 0 Å². The van der Waals surface area contributed by atoms with Crippen LogP contribution in [0.1, 0.15) is 19.3 Å². The van der Waals surface area contributed by atoms with Crippen molar-refractivity contribution in [2.45, 2.75) is 24.5 Å². The maximum absolute atomic E-state index is 11.0. The molecule has 5 heteroatoms. The summed E-state index contributed by atoms with van der Waals surface area (Å²) in [5.41, 5.74) is 0.410. The number of hydrogen-bond acceptors (Lipinski definition) is 4. The Morgan fingerprint density at radius 1 is 1.64 bits per heavy atom. The van der Waals surface area contributed by atoms with E-state index in [4.69, 9.17) is 5.21 Å². The minimum atomic E-state index is -3.05. The first kappa shape index (κ1) is 8.52. The molecule has 4 nitrogen and oxygen atoms in total. The Hall–Kier alpha value is -0.580. The van der Waals surface area contributed by atoms with Crippen LogP contribution in [0.4, 0.5) is 0 Å². The van der Waals surface area contributed by atoms with E-state index in [1.165, 1.54) is 6.26 Å². The van der Waals surface area contributed by atoms with Crippen molar-refractivity contribution in [3.8, 4) is 0 Å². The molecular weight excluding hydrogens is 166 g/mol. The smallest absolute Gasteiger partial charge is 0.155 e. The highest BCUT2D eigenvalue weighted by Gasteiger charge is 2.31. The Morgan fingerprint density at radius 2 is 2.27 bits per heavy atom. The van der Waals surface area contributed by atoms with Crippen molar-refractivity contribution in [1.82, 2.24) is 0 Å². The predicted octanol–water partition coefficient (Wildman–Crippen LogP) is 0.414. The summed E-state index contributed by atoms with van der Waals surface area (Å²) in [6.07, 6.45) is 3.18. The normalized spacial score (nSPS) is 29.5. The van der Waals surface area contributed by atoms with Crippen LogP contribution < -0.4 is 0 Å². The van der Waals surface area contributed by atoms with E-state index in [2.05, 4.69) is 5.16 Å². The summed E-state index contributed by atoms with van der Waals surface area (Å²) in [5, 5.41) is 10.9. The molecule has 0 radical (unpaired) electrons. The summed E-state index contributed by atoms with van der Waals surface area (Å²) in [5.74, 6) is 0. The molecule has 0 spiro atoms. The first-order chi connectivity index (χ1) is 5.05. The van der Waals surface area contributed by atoms with E-state index >= 15 is 0 Å². The summed E-state index contributed by atoms with van der Waals surface area (Å²) in [6.45, 7) is 0. The third-order valence-corrected chi connectivity index (χ3v) is 3.46. The summed E-state index contributed by atoms with van der Waals surface area (Å²) in [7, 11) is -3.05. The van der Waals surface area contributed by atoms with Crippen LogP contribution in [-0.4, -0.2) is 30.8 Å². The van der Waals surface area contributed by atoms with Gasteiger partial charge >= 0.3 is 0 Å². The van der Waals surface area contributed by atoms with E-state index in [0.717, 1.165) is 6.42 Å². The first-order valence-corrected chi connectivity index (χ1v) is 5.41. The van der Waals surface area contributed by atoms with Gasteiger partial charge in [0.1, 0.15) is 5.25 Å². The molecule has 1 atom stereocenters. The van der Waals surface area contributed by atoms with E-state index in [1.807, 2.05) is 0 Å². The molecule has 0 aromatic rings. The lowest BCUT2D eigenvalue weighted by molar-refractivity contribution is 0.317. The van der Waals surface area contributed by atoms with Gasteiger partial charge in [-0.25, -0.2) is 8.42 Å². The van der Waals surface area contributed by atoms with Crippen LogP contribution in [0, 0.1) is 0 Å². The maximum Gasteiger partial charge on any atom is 0.155 e. The highest BCUT2D eigenvalue weighted by Crippen LogP contribution is 2.21. The maximum atomic E-state index is 11.0. The van der Waals surface area contributed by atoms with E-state index in [9.17, 15) is 8.42 Å². The fraction of sp³-hybridized carbons (Fsp3) is 0.833. The summed E-state index contributed by atoms with van der Waals surface area (Å²) in [6, 6.07) is 0. The molecule has 0 bridgehead atoms. The quantitative estimate of drug-likeness (QED) is 0.466. The monoisotopic (exact) mass is 177 g/mol. The molecule has 0 aliphatic heterocycles. The average molecular weight is 177 g/mol. The summed E-state index contributed by atoms with van der Waals surface area (Å²) in [4.78, 5) is 0. The fourth-order valence-corrected chi connectivity index (χ4v) is 2.63. The molecule has 0 amide bonds. The first-order valence-electron chi connectivity index (χ1n) is 3.45. The number of rotatable bonds is 1. The second-order valence-corrected chi connectivity index (χ2v) is 5.03. The van der Waals surface area contributed by atoms with Crippen LogP contribution in [0.2, 0.25) is 0 Å². The Morgan fingerprint density at radius 3 is 2.64 bits per heavy atom. The molecule has 1 rings (SSSR count). The molecule has 0 saturated heterocycles. The van der Waals surface area contributed by atoms with Crippen molar-refractivity contribution in [1.29, 1.82) is 0 Å². The van der Waals surface area contributed by atoms with Gasteiger partial charge in [-0.1, -0.05) is 5.16 Å². The van der Waals surface area contributed by atoms with Gasteiger partial charge in [0, 0.05) is 6.26 Å². The third-order valence-electron chi connectivity index (χ3n) is 1.92. The van der Waals surface area contributed by atoms with Crippen LogP contribution in [0.5, 0.6) is 0 Å². The fourth-order valence-electron chi connectivity index (χ4n) is 1.37. The van der Waals surface area contributed by atoms with E-state index in [1.54, 1.807) is 0 Å². The van der Waals surface area contributed by atoms with Crippen molar-refractivity contribution in [2.24, 2.45) is 5.16 Å². The van der Waals surface area contributed by atoms with Crippen LogP contribution in [0.15, 0.2) is 5.16 Å². The molecule has 1 N–H and O–H groups in total. The number of hydrogen-bond donors (Lipinski definition) is 1. The number of sulfone groups is 1. The molecule has 1 saturated carbocycles. The van der Waals surface area contributed by atoms with E-state index in [0.29, 0.717) is 18.6 Å². The van der Waals surface area contributed by atoms with Crippen LogP contribution >= 0.6 is 0 Å². The Labute approximate surface area is 65.8 Å². The second kappa shape index (κ2) is 2.81. The van der Waals surface area contributed by atoms with Gasteiger partial charge in [0.25, 0.3) is 0 Å². The van der Waals surface area contributed by atoms with Crippen molar-refractivity contribution >= 4 is 15.5 Å². The zero-order chi connectivity index (χ0) is 8.48. The minimum Gasteiger partial charge on any atom is -0.411 e. The minimum absolute atomic E-state index is 0.410. The molecule has 64 valence electrons. The summed E-state index contributed by atoms with van der Waals surface area (Å²) < 4.78 is 22.0. The lowest BCUT2D eigenvalue weighted by atomic mass is 10.3. The molecule has 11 heavy (non-hydrogen) atoms. The van der Waals surface area contributed by atoms with Gasteiger partial charge < -0.3 is 5.21 Å². The molecule has 0 heterocycles. The van der Waals surface area contributed by atoms with E-state index < -0.39 is 15.1 Å². The largest absolute Gasteiger partial charge is 0.411 e. The van der Waals surface area contributed by atoms with Crippen LogP contribution in [0.3, 0.4) is 0 Å². The van der Waals surface area contributed by atoms with Crippen LogP contribution in [-0.2, 0) is 9.84 Å². The van der Waals surface area contributed by atoms with E-state index in [-0.39, 0.29) is 0 Å². The van der Waals surface area contributed by atoms with Crippen molar-refractivity contribution in [2.75, 3.05) is 6.26 Å². The van der Waals surface area contributed by atoms with Crippen molar-refractivity contribution in [3.63, 3.8) is 0 Å². The topological polar surface area (TPSA) is 66.7 Å². The average Bonchev–Trinajstić information content (AvgIpc) is 2.31. The predicted molar refractivity (Wildman–Crippen MR) is 41.7 cm³/mol. The molecule has 0 aromatic heterocycles. The number of nitrogens with zero attached hydrogens (tertiary/aromatic N) is 1. The molecule has 1 unspecified atom stereocenters. The highest BCUT2D eigenvalue weighted by molar-refractivity contribution is 7.92. The second-order valence-electron chi connectivity index (χ2n) is 2.80. The van der Waals surface area contributed by atoms with Crippen molar-refractivity contribution < 1.29 is 13.6 Å². The standard InChI is InChI=1S/C6H11NO3S/c1-11(9,10)6-4-2-3-5(6)7-8/h6,8H,2-4H2,1H3. The molecule has 1 aliphatic carbocycles. The highest BCUT2D eigenvalue weighted by atomic mass is 32.2. The lowest BCUT2D eigenvalue weighted by Gasteiger charge is -2.05. The molecule has 0 aromatic carbocycles. The SMILES string of the molecule is CS(=O)(=O)C1CCCC1=NO. The third kappa shape index (κ3) is 1.71.